The maximum Gasteiger partial charge on any atom is 0.206 e. The number of rotatable bonds is 10. The lowest BCUT2D eigenvalue weighted by atomic mass is 10.3. The molecule has 0 atom stereocenters. The average Bonchev–Trinajstić information content (AvgIpc) is 3.28. The van der Waals surface area contributed by atoms with Crippen LogP contribution in [-0.4, -0.2) is 29.1 Å². The summed E-state index contributed by atoms with van der Waals surface area (Å²) in [6, 6.07) is 11.7. The van der Waals surface area contributed by atoms with Gasteiger partial charge in [0, 0.05) is 22.2 Å². The third kappa shape index (κ3) is 6.51. The molecule has 25 heavy (non-hydrogen) atoms. The highest BCUT2D eigenvalue weighted by molar-refractivity contribution is 8.01. The molecule has 4 nitrogen and oxygen atoms in total. The second-order valence-electron chi connectivity index (χ2n) is 5.13. The van der Waals surface area contributed by atoms with Crippen LogP contribution in [0.5, 0.6) is 5.75 Å². The topological polar surface area (TPSA) is 47.0 Å². The number of nitrogens with one attached hydrogen (secondary N) is 1. The van der Waals surface area contributed by atoms with Crippen LogP contribution in [0.4, 0.5) is 5.13 Å². The monoisotopic (exact) mass is 411 g/mol. The van der Waals surface area contributed by atoms with E-state index in [1.807, 2.05) is 24.3 Å². The van der Waals surface area contributed by atoms with Crippen LogP contribution in [0, 0.1) is 0 Å². The van der Waals surface area contributed by atoms with E-state index < -0.39 is 0 Å². The number of nitrogens with zero attached hydrogens (tertiary/aromatic N) is 2. The summed E-state index contributed by atoms with van der Waals surface area (Å²) in [6.07, 6.45) is 1.97. The fourth-order valence-corrected chi connectivity index (χ4v) is 4.62. The first-order valence-electron chi connectivity index (χ1n) is 7.90. The Hall–Kier alpha value is -1.28. The number of ether oxygens (including phenoxy) is 1. The average molecular weight is 412 g/mol. The highest BCUT2D eigenvalue weighted by atomic mass is 35.5. The molecule has 132 valence electrons. The van der Waals surface area contributed by atoms with Crippen LogP contribution >= 0.6 is 46.0 Å². The van der Waals surface area contributed by atoms with Gasteiger partial charge in [0.25, 0.3) is 0 Å². The summed E-state index contributed by atoms with van der Waals surface area (Å²) >= 11 is 11.0. The number of anilines is 1. The molecule has 3 aromatic rings. The third-order valence-corrected chi connectivity index (χ3v) is 6.52. The van der Waals surface area contributed by atoms with Gasteiger partial charge in [0.2, 0.25) is 5.13 Å². The second-order valence-corrected chi connectivity index (χ2v) is 8.92. The third-order valence-electron chi connectivity index (χ3n) is 3.23. The standard InChI is InChI=1S/C17H18ClN3OS3/c18-13-4-6-14(7-5-13)22-10-2-12-24-17-21-20-16(25-17)19-9-8-15-3-1-11-23-15/h1,3-7,11H,2,8-10,12H2,(H,19,20). The Morgan fingerprint density at radius 3 is 2.84 bits per heavy atom. The highest BCUT2D eigenvalue weighted by Gasteiger charge is 2.04. The fourth-order valence-electron chi connectivity index (χ4n) is 2.03. The summed E-state index contributed by atoms with van der Waals surface area (Å²) < 4.78 is 6.67. The maximum atomic E-state index is 5.85. The molecular formula is C17H18ClN3OS3. The van der Waals surface area contributed by atoms with Gasteiger partial charge in [-0.25, -0.2) is 0 Å². The number of thiophene rings is 1. The van der Waals surface area contributed by atoms with Gasteiger partial charge in [-0.2, -0.15) is 0 Å². The van der Waals surface area contributed by atoms with Crippen molar-refractivity contribution < 1.29 is 4.74 Å². The van der Waals surface area contributed by atoms with E-state index in [0.29, 0.717) is 6.61 Å². The number of thioether (sulfide) groups is 1. The lowest BCUT2D eigenvalue weighted by molar-refractivity contribution is 0.319. The first kappa shape index (κ1) is 18.5. The van der Waals surface area contributed by atoms with Crippen LogP contribution in [-0.2, 0) is 6.42 Å². The Morgan fingerprint density at radius 2 is 2.04 bits per heavy atom. The van der Waals surface area contributed by atoms with Crippen molar-refractivity contribution in [2.45, 2.75) is 17.2 Å². The van der Waals surface area contributed by atoms with E-state index in [9.17, 15) is 0 Å². The molecule has 0 saturated carbocycles. The van der Waals surface area contributed by atoms with Crippen LogP contribution < -0.4 is 10.1 Å². The molecule has 0 aliphatic heterocycles. The van der Waals surface area contributed by atoms with Crippen molar-refractivity contribution in [1.82, 2.24) is 10.2 Å². The van der Waals surface area contributed by atoms with Gasteiger partial charge in [0.1, 0.15) is 5.75 Å². The largest absolute Gasteiger partial charge is 0.494 e. The normalized spacial score (nSPS) is 10.8. The van der Waals surface area contributed by atoms with Gasteiger partial charge in [0.05, 0.1) is 6.61 Å². The molecule has 0 amide bonds. The van der Waals surface area contributed by atoms with Crippen molar-refractivity contribution in [2.75, 3.05) is 24.2 Å². The first-order chi connectivity index (χ1) is 12.3. The molecule has 2 aromatic heterocycles. The molecule has 0 aliphatic rings. The summed E-state index contributed by atoms with van der Waals surface area (Å²) in [4.78, 5) is 1.38. The number of benzene rings is 1. The van der Waals surface area contributed by atoms with Crippen molar-refractivity contribution in [3.05, 3.63) is 51.7 Å². The zero-order chi connectivity index (χ0) is 17.3. The lowest BCUT2D eigenvalue weighted by Gasteiger charge is -2.05. The quantitative estimate of drug-likeness (QED) is 0.354. The maximum absolute atomic E-state index is 5.85. The van der Waals surface area contributed by atoms with Crippen LogP contribution in [0.15, 0.2) is 46.1 Å². The van der Waals surface area contributed by atoms with E-state index in [-0.39, 0.29) is 0 Å². The Morgan fingerprint density at radius 1 is 1.16 bits per heavy atom. The minimum absolute atomic E-state index is 0.680. The Kier molecular flexibility index (Phi) is 7.41. The van der Waals surface area contributed by atoms with Crippen molar-refractivity contribution in [1.29, 1.82) is 0 Å². The van der Waals surface area contributed by atoms with Crippen LogP contribution in [0.3, 0.4) is 0 Å². The molecule has 0 radical (unpaired) electrons. The highest BCUT2D eigenvalue weighted by Crippen LogP contribution is 2.26. The number of hydrogen-bond donors (Lipinski definition) is 1. The summed E-state index contributed by atoms with van der Waals surface area (Å²) in [7, 11) is 0. The Balaban J connectivity index is 1.29. The van der Waals surface area contributed by atoms with Gasteiger partial charge in [-0.1, -0.05) is 40.8 Å². The smallest absolute Gasteiger partial charge is 0.206 e. The molecule has 0 bridgehead atoms. The van der Waals surface area contributed by atoms with Crippen molar-refractivity contribution in [3.63, 3.8) is 0 Å². The van der Waals surface area contributed by atoms with E-state index in [1.165, 1.54) is 4.88 Å². The van der Waals surface area contributed by atoms with E-state index in [1.54, 1.807) is 34.4 Å². The van der Waals surface area contributed by atoms with Gasteiger partial charge in [-0.3, -0.25) is 0 Å². The molecule has 0 fully saturated rings. The first-order valence-corrected chi connectivity index (χ1v) is 11.0. The molecule has 0 unspecified atom stereocenters. The Bertz CT molecular complexity index is 747. The fraction of sp³-hybridized carbons (Fsp3) is 0.294. The zero-order valence-electron chi connectivity index (χ0n) is 13.5. The van der Waals surface area contributed by atoms with Crippen LogP contribution in [0.25, 0.3) is 0 Å². The van der Waals surface area contributed by atoms with Crippen LogP contribution in [0.2, 0.25) is 5.02 Å². The Labute approximate surface area is 164 Å². The summed E-state index contributed by atoms with van der Waals surface area (Å²) in [5, 5.41) is 15.4. The van der Waals surface area contributed by atoms with Gasteiger partial charge < -0.3 is 10.1 Å². The predicted molar refractivity (Wildman–Crippen MR) is 109 cm³/mol. The van der Waals surface area contributed by atoms with Crippen molar-refractivity contribution >= 4 is 51.2 Å². The summed E-state index contributed by atoms with van der Waals surface area (Å²) in [5.41, 5.74) is 0. The second kappa shape index (κ2) is 10.0. The minimum atomic E-state index is 0.680. The molecule has 0 saturated heterocycles. The van der Waals surface area contributed by atoms with Gasteiger partial charge in [-0.05, 0) is 48.6 Å². The molecule has 1 N–H and O–H groups in total. The molecule has 1 aromatic carbocycles. The molecular weight excluding hydrogens is 394 g/mol. The number of aromatic nitrogens is 2. The van der Waals surface area contributed by atoms with E-state index >= 15 is 0 Å². The van der Waals surface area contributed by atoms with Crippen LogP contribution in [0.1, 0.15) is 11.3 Å². The predicted octanol–water partition coefficient (Wildman–Crippen LogP) is 5.47. The SMILES string of the molecule is Clc1ccc(OCCCSc2nnc(NCCc3cccs3)s2)cc1. The molecule has 0 aliphatic carbocycles. The molecule has 0 spiro atoms. The number of hydrogen-bond acceptors (Lipinski definition) is 7. The zero-order valence-corrected chi connectivity index (χ0v) is 16.7. The summed E-state index contributed by atoms with van der Waals surface area (Å²) in [5.74, 6) is 1.81. The van der Waals surface area contributed by atoms with E-state index in [2.05, 4.69) is 33.0 Å². The molecule has 3 rings (SSSR count). The van der Waals surface area contributed by atoms with E-state index in [0.717, 1.165) is 45.4 Å². The van der Waals surface area contributed by atoms with Gasteiger partial charge in [0.15, 0.2) is 4.34 Å². The van der Waals surface area contributed by atoms with Gasteiger partial charge in [-0.15, -0.1) is 21.5 Å². The van der Waals surface area contributed by atoms with Crippen molar-refractivity contribution in [3.8, 4) is 5.75 Å². The number of halogens is 1. The molecule has 8 heteroatoms. The van der Waals surface area contributed by atoms with Crippen molar-refractivity contribution in [2.24, 2.45) is 0 Å². The minimum Gasteiger partial charge on any atom is -0.494 e. The molecule has 2 heterocycles. The lowest BCUT2D eigenvalue weighted by Crippen LogP contribution is -2.03. The van der Waals surface area contributed by atoms with E-state index in [4.69, 9.17) is 16.3 Å². The van der Waals surface area contributed by atoms with Gasteiger partial charge >= 0.3 is 0 Å². The summed E-state index contributed by atoms with van der Waals surface area (Å²) in [6.45, 7) is 1.56.